The summed E-state index contributed by atoms with van der Waals surface area (Å²) in [7, 11) is 0. The average molecular weight is 450 g/mol. The summed E-state index contributed by atoms with van der Waals surface area (Å²) >= 11 is 5.96. The van der Waals surface area contributed by atoms with E-state index in [2.05, 4.69) is 30.5 Å². The van der Waals surface area contributed by atoms with Crippen molar-refractivity contribution in [1.82, 2.24) is 30.5 Å². The predicted molar refractivity (Wildman–Crippen MR) is 118 cm³/mol. The smallest absolute Gasteiger partial charge is 0.318 e. The lowest BCUT2D eigenvalue weighted by molar-refractivity contribution is 0.0642. The second kappa shape index (κ2) is 7.59. The first-order chi connectivity index (χ1) is 15.6. The van der Waals surface area contributed by atoms with Crippen molar-refractivity contribution < 1.29 is 9.21 Å². The van der Waals surface area contributed by atoms with E-state index in [4.69, 9.17) is 16.0 Å². The minimum Gasteiger partial charge on any atom is -0.403 e. The van der Waals surface area contributed by atoms with Crippen LogP contribution in [0, 0.1) is 11.8 Å². The van der Waals surface area contributed by atoms with Gasteiger partial charge >= 0.3 is 6.01 Å². The molecule has 162 valence electrons. The van der Waals surface area contributed by atoms with Gasteiger partial charge in [-0.1, -0.05) is 21.9 Å². The summed E-state index contributed by atoms with van der Waals surface area (Å²) in [6.45, 7) is 3.11. The number of carbonyl (C=O) groups excluding carboxylic acids is 1. The minimum atomic E-state index is 0.0367. The molecule has 2 aromatic carbocycles. The number of benzene rings is 2. The SMILES string of the molecule is O=C(c1ccc2[nH]nnc2c1)N1CC[C@H]2CN(c3nnc(-c4ccc(Cl)cc4)o3)C[C@@H]2C1. The van der Waals surface area contributed by atoms with E-state index in [9.17, 15) is 4.79 Å². The zero-order chi connectivity index (χ0) is 21.7. The second-order valence-corrected chi connectivity index (χ2v) is 8.84. The third kappa shape index (κ3) is 3.38. The Bertz CT molecular complexity index is 1280. The van der Waals surface area contributed by atoms with Crippen LogP contribution < -0.4 is 4.90 Å². The van der Waals surface area contributed by atoms with Crippen molar-refractivity contribution in [3.63, 3.8) is 0 Å². The van der Waals surface area contributed by atoms with Gasteiger partial charge in [0.15, 0.2) is 0 Å². The fraction of sp³-hybridized carbons (Fsp3) is 0.318. The lowest BCUT2D eigenvalue weighted by Gasteiger charge is -2.34. The summed E-state index contributed by atoms with van der Waals surface area (Å²) in [6, 6.07) is 13.3. The molecule has 2 aliphatic heterocycles. The number of anilines is 1. The number of carbonyl (C=O) groups is 1. The van der Waals surface area contributed by atoms with E-state index in [0.29, 0.717) is 39.8 Å². The number of likely N-dealkylation sites (tertiary alicyclic amines) is 1. The molecule has 6 rings (SSSR count). The van der Waals surface area contributed by atoms with E-state index in [1.807, 2.05) is 29.2 Å². The lowest BCUT2D eigenvalue weighted by atomic mass is 9.88. The van der Waals surface area contributed by atoms with E-state index < -0.39 is 0 Å². The maximum absolute atomic E-state index is 13.1. The first-order valence-corrected chi connectivity index (χ1v) is 11.0. The summed E-state index contributed by atoms with van der Waals surface area (Å²) in [5, 5.41) is 19.7. The fourth-order valence-corrected chi connectivity index (χ4v) is 4.84. The van der Waals surface area contributed by atoms with Crippen molar-refractivity contribution in [1.29, 1.82) is 0 Å². The van der Waals surface area contributed by atoms with Crippen molar-refractivity contribution in [2.75, 3.05) is 31.1 Å². The van der Waals surface area contributed by atoms with Gasteiger partial charge < -0.3 is 14.2 Å². The van der Waals surface area contributed by atoms with Crippen LogP contribution in [0.15, 0.2) is 46.9 Å². The molecule has 2 atom stereocenters. The molecule has 0 saturated carbocycles. The van der Waals surface area contributed by atoms with Crippen LogP contribution in [-0.2, 0) is 0 Å². The number of hydrogen-bond acceptors (Lipinski definition) is 7. The van der Waals surface area contributed by atoms with Crippen LogP contribution in [-0.4, -0.2) is 62.6 Å². The number of aromatic nitrogens is 5. The molecule has 32 heavy (non-hydrogen) atoms. The van der Waals surface area contributed by atoms with Gasteiger partial charge in [-0.2, -0.15) is 0 Å². The maximum Gasteiger partial charge on any atom is 0.318 e. The van der Waals surface area contributed by atoms with Gasteiger partial charge in [-0.3, -0.25) is 9.89 Å². The lowest BCUT2D eigenvalue weighted by Crippen LogP contribution is -2.43. The third-order valence-electron chi connectivity index (χ3n) is 6.44. The zero-order valence-corrected chi connectivity index (χ0v) is 17.9. The number of fused-ring (bicyclic) bond motifs is 2. The monoisotopic (exact) mass is 449 g/mol. The Morgan fingerprint density at radius 3 is 2.75 bits per heavy atom. The Kier molecular flexibility index (Phi) is 4.57. The largest absolute Gasteiger partial charge is 0.403 e. The van der Waals surface area contributed by atoms with Crippen molar-refractivity contribution in [2.45, 2.75) is 6.42 Å². The van der Waals surface area contributed by atoms with Crippen LogP contribution in [0.25, 0.3) is 22.5 Å². The number of amides is 1. The van der Waals surface area contributed by atoms with E-state index in [1.54, 1.807) is 18.2 Å². The van der Waals surface area contributed by atoms with Gasteiger partial charge in [0, 0.05) is 42.3 Å². The molecule has 0 bridgehead atoms. The second-order valence-electron chi connectivity index (χ2n) is 8.41. The van der Waals surface area contributed by atoms with Crippen molar-refractivity contribution in [2.24, 2.45) is 11.8 Å². The molecule has 1 amide bonds. The highest BCUT2D eigenvalue weighted by atomic mass is 35.5. The number of nitrogens with one attached hydrogen (secondary N) is 1. The number of hydrogen-bond donors (Lipinski definition) is 1. The Balaban J connectivity index is 1.15. The molecule has 4 heterocycles. The van der Waals surface area contributed by atoms with Crippen molar-refractivity contribution >= 4 is 34.6 Å². The Hall–Kier alpha value is -3.46. The first-order valence-electron chi connectivity index (χ1n) is 10.6. The molecule has 4 aromatic rings. The Labute approximate surface area is 188 Å². The molecule has 10 heteroatoms. The summed E-state index contributed by atoms with van der Waals surface area (Å²) in [4.78, 5) is 17.2. The molecule has 0 unspecified atom stereocenters. The van der Waals surface area contributed by atoms with E-state index in [0.717, 1.165) is 43.7 Å². The number of rotatable bonds is 3. The van der Waals surface area contributed by atoms with Gasteiger partial charge in [0.05, 0.1) is 5.52 Å². The van der Waals surface area contributed by atoms with Crippen LogP contribution in [0.5, 0.6) is 0 Å². The molecule has 9 nitrogen and oxygen atoms in total. The highest BCUT2D eigenvalue weighted by Crippen LogP contribution is 2.35. The molecular weight excluding hydrogens is 430 g/mol. The van der Waals surface area contributed by atoms with Crippen LogP contribution in [0.3, 0.4) is 0 Å². The van der Waals surface area contributed by atoms with Gasteiger partial charge in [0.2, 0.25) is 5.89 Å². The van der Waals surface area contributed by atoms with Gasteiger partial charge in [-0.15, -0.1) is 10.2 Å². The molecule has 2 aliphatic rings. The summed E-state index contributed by atoms with van der Waals surface area (Å²) in [5.74, 6) is 1.39. The number of piperidine rings is 1. The third-order valence-corrected chi connectivity index (χ3v) is 6.69. The van der Waals surface area contributed by atoms with E-state index in [1.165, 1.54) is 0 Å². The fourth-order valence-electron chi connectivity index (χ4n) is 4.72. The summed E-state index contributed by atoms with van der Waals surface area (Å²) in [5.41, 5.74) is 3.00. The number of nitrogens with zero attached hydrogens (tertiary/aromatic N) is 6. The topological polar surface area (TPSA) is 104 Å². The molecular formula is C22H20ClN7O2. The van der Waals surface area contributed by atoms with Gasteiger partial charge in [0.1, 0.15) is 5.52 Å². The summed E-state index contributed by atoms with van der Waals surface area (Å²) in [6.07, 6.45) is 0.956. The molecule has 2 fully saturated rings. The van der Waals surface area contributed by atoms with E-state index in [-0.39, 0.29) is 5.91 Å². The van der Waals surface area contributed by atoms with E-state index >= 15 is 0 Å². The van der Waals surface area contributed by atoms with Crippen molar-refractivity contribution in [3.8, 4) is 11.5 Å². The Morgan fingerprint density at radius 1 is 1.03 bits per heavy atom. The van der Waals surface area contributed by atoms with Gasteiger partial charge in [0.25, 0.3) is 5.91 Å². The van der Waals surface area contributed by atoms with Crippen LogP contribution in [0.2, 0.25) is 5.02 Å². The Morgan fingerprint density at radius 2 is 1.88 bits per heavy atom. The normalized spacial score (nSPS) is 20.7. The quantitative estimate of drug-likeness (QED) is 0.511. The number of halogens is 1. The standard InChI is InChI=1S/C22H20ClN7O2/c23-17-4-1-13(2-5-17)20-26-27-22(32-20)30-10-15-7-8-29(11-16(15)12-30)21(31)14-3-6-18-19(9-14)25-28-24-18/h1-6,9,15-16H,7-8,10-12H2,(H,24,25,28)/t15-,16-/m0/s1. The maximum atomic E-state index is 13.1. The average Bonchev–Trinajstić information content (AvgIpc) is 3.57. The molecule has 0 aliphatic carbocycles. The highest BCUT2D eigenvalue weighted by Gasteiger charge is 2.40. The molecule has 0 spiro atoms. The van der Waals surface area contributed by atoms with Crippen LogP contribution in [0.1, 0.15) is 16.8 Å². The molecule has 2 saturated heterocycles. The molecule has 0 radical (unpaired) electrons. The van der Waals surface area contributed by atoms with Crippen LogP contribution >= 0.6 is 11.6 Å². The van der Waals surface area contributed by atoms with Crippen molar-refractivity contribution in [3.05, 3.63) is 53.1 Å². The van der Waals surface area contributed by atoms with Gasteiger partial charge in [-0.05, 0) is 60.7 Å². The molecule has 2 aromatic heterocycles. The zero-order valence-electron chi connectivity index (χ0n) is 17.1. The first kappa shape index (κ1) is 19.2. The molecule has 1 N–H and O–H groups in total. The number of aromatic amines is 1. The minimum absolute atomic E-state index is 0.0367. The predicted octanol–water partition coefficient (Wildman–Crippen LogP) is 3.26. The highest BCUT2D eigenvalue weighted by molar-refractivity contribution is 6.30. The van der Waals surface area contributed by atoms with Gasteiger partial charge in [-0.25, -0.2) is 0 Å². The number of H-pyrrole nitrogens is 1. The van der Waals surface area contributed by atoms with Crippen LogP contribution in [0.4, 0.5) is 6.01 Å². The summed E-state index contributed by atoms with van der Waals surface area (Å²) < 4.78 is 5.94.